The van der Waals surface area contributed by atoms with E-state index in [0.29, 0.717) is 17.3 Å². The number of fused-ring (bicyclic) bond motifs is 1. The Morgan fingerprint density at radius 2 is 1.83 bits per heavy atom. The lowest BCUT2D eigenvalue weighted by atomic mass is 9.81. The van der Waals surface area contributed by atoms with E-state index in [9.17, 15) is 18.8 Å². The minimum Gasteiger partial charge on any atom is -0.459 e. The van der Waals surface area contributed by atoms with Crippen LogP contribution >= 0.6 is 15.9 Å². The summed E-state index contributed by atoms with van der Waals surface area (Å²) in [6.07, 6.45) is 3.26. The summed E-state index contributed by atoms with van der Waals surface area (Å²) in [5.41, 5.74) is 0.235. The number of amides is 2. The molecular formula is C17H17BrFNO4. The van der Waals surface area contributed by atoms with Crippen LogP contribution in [-0.4, -0.2) is 29.2 Å². The van der Waals surface area contributed by atoms with Gasteiger partial charge in [-0.15, -0.1) is 0 Å². The Morgan fingerprint density at radius 1 is 1.21 bits per heavy atom. The molecule has 0 aromatic heterocycles. The highest BCUT2D eigenvalue weighted by molar-refractivity contribution is 9.10. The van der Waals surface area contributed by atoms with Crippen molar-refractivity contribution in [1.29, 1.82) is 0 Å². The third kappa shape index (κ3) is 3.36. The zero-order valence-electron chi connectivity index (χ0n) is 13.0. The molecule has 2 aliphatic rings. The van der Waals surface area contributed by atoms with Crippen LogP contribution < -0.4 is 0 Å². The molecule has 1 aromatic carbocycles. The minimum atomic E-state index is -0.710. The Hall–Kier alpha value is -1.76. The van der Waals surface area contributed by atoms with Gasteiger partial charge in [-0.25, -0.2) is 4.39 Å². The van der Waals surface area contributed by atoms with Gasteiger partial charge in [-0.05, 0) is 25.0 Å². The molecule has 1 heterocycles. The van der Waals surface area contributed by atoms with Crippen molar-refractivity contribution in [3.05, 3.63) is 34.1 Å². The molecule has 0 bridgehead atoms. The van der Waals surface area contributed by atoms with Crippen molar-refractivity contribution in [3.8, 4) is 0 Å². The van der Waals surface area contributed by atoms with E-state index in [1.165, 1.54) is 12.1 Å². The molecule has 3 rings (SSSR count). The first-order valence-electron chi connectivity index (χ1n) is 7.92. The highest BCUT2D eigenvalue weighted by atomic mass is 79.9. The summed E-state index contributed by atoms with van der Waals surface area (Å²) in [5, 5.41) is 0. The van der Waals surface area contributed by atoms with E-state index in [-0.39, 0.29) is 35.8 Å². The van der Waals surface area contributed by atoms with Crippen molar-refractivity contribution in [2.45, 2.75) is 32.3 Å². The van der Waals surface area contributed by atoms with Gasteiger partial charge < -0.3 is 4.74 Å². The average Bonchev–Trinajstić information content (AvgIpc) is 2.79. The third-order valence-electron chi connectivity index (χ3n) is 4.62. The Balaban J connectivity index is 1.58. The SMILES string of the molecule is O=C(CN1C(=O)[C@H]2CCCC[C@H]2C1=O)OCc1ccc(Br)cc1F. The second kappa shape index (κ2) is 7.01. The standard InChI is InChI=1S/C17H17BrFNO4/c18-11-6-5-10(14(19)7-11)9-24-15(21)8-20-16(22)12-3-1-2-4-13(12)17(20)23/h5-7,12-13H,1-4,8-9H2/t12-,13+. The van der Waals surface area contributed by atoms with Gasteiger partial charge >= 0.3 is 5.97 Å². The van der Waals surface area contributed by atoms with Crippen molar-refractivity contribution in [1.82, 2.24) is 4.90 Å². The first-order valence-corrected chi connectivity index (χ1v) is 8.71. The highest BCUT2D eigenvalue weighted by Crippen LogP contribution is 2.37. The van der Waals surface area contributed by atoms with Gasteiger partial charge in [0.15, 0.2) is 0 Å². The molecule has 2 amide bonds. The number of rotatable bonds is 4. The molecule has 1 saturated carbocycles. The predicted molar refractivity (Wildman–Crippen MR) is 86.1 cm³/mol. The second-order valence-corrected chi connectivity index (χ2v) is 7.07. The van der Waals surface area contributed by atoms with Crippen molar-refractivity contribution in [3.63, 3.8) is 0 Å². The van der Waals surface area contributed by atoms with Crippen molar-refractivity contribution >= 4 is 33.7 Å². The highest BCUT2D eigenvalue weighted by Gasteiger charge is 2.48. The molecule has 1 saturated heterocycles. The van der Waals surface area contributed by atoms with Crippen LogP contribution in [0.2, 0.25) is 0 Å². The molecule has 1 aliphatic carbocycles. The number of carbonyl (C=O) groups is 3. The first-order chi connectivity index (χ1) is 11.5. The summed E-state index contributed by atoms with van der Waals surface area (Å²) in [7, 11) is 0. The number of nitrogens with zero attached hydrogens (tertiary/aromatic N) is 1. The Morgan fingerprint density at radius 3 is 2.42 bits per heavy atom. The normalized spacial score (nSPS) is 23.3. The molecule has 0 radical (unpaired) electrons. The number of esters is 1. The number of halogens is 2. The van der Waals surface area contributed by atoms with Gasteiger partial charge in [0.1, 0.15) is 19.0 Å². The number of hydrogen-bond donors (Lipinski definition) is 0. The number of ether oxygens (including phenoxy) is 1. The molecule has 2 atom stereocenters. The number of imide groups is 1. The maximum Gasteiger partial charge on any atom is 0.326 e. The summed E-state index contributed by atoms with van der Waals surface area (Å²) in [5.74, 6) is -2.34. The maximum atomic E-state index is 13.7. The fraction of sp³-hybridized carbons (Fsp3) is 0.471. The molecule has 7 heteroatoms. The maximum absolute atomic E-state index is 13.7. The second-order valence-electron chi connectivity index (χ2n) is 6.16. The molecule has 128 valence electrons. The van der Waals surface area contributed by atoms with Crippen LogP contribution in [0.25, 0.3) is 0 Å². The lowest BCUT2D eigenvalue weighted by Gasteiger charge is -2.19. The van der Waals surface area contributed by atoms with E-state index in [0.717, 1.165) is 17.7 Å². The quantitative estimate of drug-likeness (QED) is 0.578. The van der Waals surface area contributed by atoms with Gasteiger partial charge in [-0.1, -0.05) is 34.8 Å². The summed E-state index contributed by atoms with van der Waals surface area (Å²) in [4.78, 5) is 37.5. The lowest BCUT2D eigenvalue weighted by Crippen LogP contribution is -2.36. The van der Waals surface area contributed by atoms with Crippen molar-refractivity contribution < 1.29 is 23.5 Å². The smallest absolute Gasteiger partial charge is 0.326 e. The fourth-order valence-electron chi connectivity index (χ4n) is 3.36. The number of carbonyl (C=O) groups excluding carboxylic acids is 3. The van der Waals surface area contributed by atoms with Crippen molar-refractivity contribution in [2.75, 3.05) is 6.54 Å². The molecule has 0 spiro atoms. The monoisotopic (exact) mass is 397 g/mol. The van der Waals surface area contributed by atoms with E-state index < -0.39 is 18.3 Å². The molecule has 1 aliphatic heterocycles. The number of benzene rings is 1. The van der Waals surface area contributed by atoms with Gasteiger partial charge in [-0.3, -0.25) is 19.3 Å². The Bertz CT molecular complexity index is 669. The van der Waals surface area contributed by atoms with Crippen LogP contribution in [0, 0.1) is 17.7 Å². The van der Waals surface area contributed by atoms with Gasteiger partial charge in [-0.2, -0.15) is 0 Å². The Labute approximate surface area is 147 Å². The van der Waals surface area contributed by atoms with Gasteiger partial charge in [0.25, 0.3) is 0 Å². The minimum absolute atomic E-state index is 0.235. The fourth-order valence-corrected chi connectivity index (χ4v) is 3.69. The van der Waals surface area contributed by atoms with Gasteiger partial charge in [0, 0.05) is 10.0 Å². The van der Waals surface area contributed by atoms with Crippen LogP contribution in [0.1, 0.15) is 31.2 Å². The summed E-state index contributed by atoms with van der Waals surface area (Å²) in [6, 6.07) is 4.43. The van der Waals surface area contributed by atoms with E-state index in [1.807, 2.05) is 0 Å². The molecule has 0 N–H and O–H groups in total. The molecule has 2 fully saturated rings. The predicted octanol–water partition coefficient (Wildman–Crippen LogP) is 2.81. The first kappa shape index (κ1) is 17.1. The summed E-state index contributed by atoms with van der Waals surface area (Å²) in [6.45, 7) is -0.635. The Kier molecular flexibility index (Phi) is 4.99. The van der Waals surface area contributed by atoms with E-state index in [2.05, 4.69) is 15.9 Å². The molecule has 5 nitrogen and oxygen atoms in total. The third-order valence-corrected chi connectivity index (χ3v) is 5.12. The van der Waals surface area contributed by atoms with E-state index in [4.69, 9.17) is 4.74 Å². The summed E-state index contributed by atoms with van der Waals surface area (Å²) < 4.78 is 19.3. The molecular weight excluding hydrogens is 381 g/mol. The van der Waals surface area contributed by atoms with E-state index >= 15 is 0 Å². The largest absolute Gasteiger partial charge is 0.459 e. The van der Waals surface area contributed by atoms with Crippen LogP contribution in [0.5, 0.6) is 0 Å². The molecule has 1 aromatic rings. The summed E-state index contributed by atoms with van der Waals surface area (Å²) >= 11 is 3.15. The van der Waals surface area contributed by atoms with Crippen LogP contribution in [0.3, 0.4) is 0 Å². The zero-order chi connectivity index (χ0) is 17.3. The zero-order valence-corrected chi connectivity index (χ0v) is 14.6. The molecule has 24 heavy (non-hydrogen) atoms. The average molecular weight is 398 g/mol. The van der Waals surface area contributed by atoms with Crippen LogP contribution in [-0.2, 0) is 25.7 Å². The van der Waals surface area contributed by atoms with Crippen LogP contribution in [0.4, 0.5) is 4.39 Å². The lowest BCUT2D eigenvalue weighted by molar-refractivity contribution is -0.153. The number of hydrogen-bond acceptors (Lipinski definition) is 4. The van der Waals surface area contributed by atoms with Crippen molar-refractivity contribution in [2.24, 2.45) is 11.8 Å². The van der Waals surface area contributed by atoms with Gasteiger partial charge in [0.05, 0.1) is 11.8 Å². The van der Waals surface area contributed by atoms with Crippen LogP contribution in [0.15, 0.2) is 22.7 Å². The number of likely N-dealkylation sites (tertiary alicyclic amines) is 1. The molecule has 0 unspecified atom stereocenters. The topological polar surface area (TPSA) is 63.7 Å². The van der Waals surface area contributed by atoms with E-state index in [1.54, 1.807) is 6.07 Å². The van der Waals surface area contributed by atoms with Gasteiger partial charge in [0.2, 0.25) is 11.8 Å².